The molecule has 0 unspecified atom stereocenters. The molecule has 0 saturated carbocycles. The third-order valence-corrected chi connectivity index (χ3v) is 2.23. The summed E-state index contributed by atoms with van der Waals surface area (Å²) < 4.78 is 0. The highest BCUT2D eigenvalue weighted by molar-refractivity contribution is 6.09. The number of phenolic OH excluding ortho intramolecular Hbond substituents is 1. The Labute approximate surface area is 86.4 Å². The van der Waals surface area contributed by atoms with Crippen LogP contribution in [0.4, 0.5) is 0 Å². The number of nitrogens with two attached hydrogens (primary N) is 1. The Morgan fingerprint density at radius 1 is 1.40 bits per heavy atom. The molecule has 1 heterocycles. The second-order valence-corrected chi connectivity index (χ2v) is 3.16. The molecule has 0 saturated heterocycles. The lowest BCUT2D eigenvalue weighted by Crippen LogP contribution is -2.13. The predicted molar refractivity (Wildman–Crippen MR) is 56.8 cm³/mol. The number of rotatable bonds is 2. The van der Waals surface area contributed by atoms with Crippen molar-refractivity contribution in [3.63, 3.8) is 0 Å². The Balaban J connectivity index is 2.77. The third kappa shape index (κ3) is 1.55. The van der Waals surface area contributed by atoms with Crippen LogP contribution in [0.5, 0.6) is 5.75 Å². The SMILES string of the molecule is NCC(=O)c1ccc(O)c2ncccc12. The van der Waals surface area contributed by atoms with Gasteiger partial charge >= 0.3 is 0 Å². The molecular weight excluding hydrogens is 192 g/mol. The first-order chi connectivity index (χ1) is 7.24. The molecule has 0 aliphatic carbocycles. The predicted octanol–water partition coefficient (Wildman–Crippen LogP) is 1.08. The Morgan fingerprint density at radius 2 is 2.20 bits per heavy atom. The zero-order valence-corrected chi connectivity index (χ0v) is 7.97. The molecule has 0 bridgehead atoms. The lowest BCUT2D eigenvalue weighted by Gasteiger charge is -2.04. The van der Waals surface area contributed by atoms with Gasteiger partial charge in [0.05, 0.1) is 6.54 Å². The highest BCUT2D eigenvalue weighted by Gasteiger charge is 2.10. The molecule has 0 atom stereocenters. The van der Waals surface area contributed by atoms with E-state index in [1.54, 1.807) is 24.4 Å². The highest BCUT2D eigenvalue weighted by atomic mass is 16.3. The van der Waals surface area contributed by atoms with Crippen molar-refractivity contribution in [2.75, 3.05) is 6.54 Å². The molecule has 1 aromatic carbocycles. The monoisotopic (exact) mass is 202 g/mol. The summed E-state index contributed by atoms with van der Waals surface area (Å²) in [6.07, 6.45) is 1.57. The summed E-state index contributed by atoms with van der Waals surface area (Å²) >= 11 is 0. The molecule has 76 valence electrons. The van der Waals surface area contributed by atoms with Crippen molar-refractivity contribution < 1.29 is 9.90 Å². The largest absolute Gasteiger partial charge is 0.506 e. The average Bonchev–Trinajstić information content (AvgIpc) is 2.29. The number of fused-ring (bicyclic) bond motifs is 1. The minimum atomic E-state index is -0.159. The third-order valence-electron chi connectivity index (χ3n) is 2.23. The van der Waals surface area contributed by atoms with Crippen LogP contribution in [0.1, 0.15) is 10.4 Å². The van der Waals surface area contributed by atoms with Gasteiger partial charge in [-0.2, -0.15) is 0 Å². The number of ketones is 1. The molecule has 2 rings (SSSR count). The number of carbonyl (C=O) groups excluding carboxylic acids is 1. The topological polar surface area (TPSA) is 76.2 Å². The van der Waals surface area contributed by atoms with Crippen LogP contribution < -0.4 is 5.73 Å². The number of nitrogens with zero attached hydrogens (tertiary/aromatic N) is 1. The summed E-state index contributed by atoms with van der Waals surface area (Å²) in [5.74, 6) is -0.0906. The molecule has 4 nitrogen and oxygen atoms in total. The van der Waals surface area contributed by atoms with Crippen LogP contribution in [0.3, 0.4) is 0 Å². The van der Waals surface area contributed by atoms with Crippen molar-refractivity contribution in [1.29, 1.82) is 0 Å². The van der Waals surface area contributed by atoms with E-state index in [1.807, 2.05) is 0 Å². The van der Waals surface area contributed by atoms with Crippen LogP contribution in [0, 0.1) is 0 Å². The Bertz CT molecular complexity index is 523. The van der Waals surface area contributed by atoms with Gasteiger partial charge in [-0.05, 0) is 18.2 Å². The smallest absolute Gasteiger partial charge is 0.177 e. The average molecular weight is 202 g/mol. The van der Waals surface area contributed by atoms with Crippen molar-refractivity contribution in [3.05, 3.63) is 36.0 Å². The number of hydrogen-bond donors (Lipinski definition) is 2. The van der Waals surface area contributed by atoms with Gasteiger partial charge in [0.1, 0.15) is 11.3 Å². The first-order valence-corrected chi connectivity index (χ1v) is 4.54. The second kappa shape index (κ2) is 3.67. The quantitative estimate of drug-likeness (QED) is 0.714. The Kier molecular flexibility index (Phi) is 2.35. The van der Waals surface area contributed by atoms with Crippen LogP contribution in [0.2, 0.25) is 0 Å². The fraction of sp³-hybridized carbons (Fsp3) is 0.0909. The normalized spacial score (nSPS) is 10.5. The maximum absolute atomic E-state index is 11.5. The Morgan fingerprint density at radius 3 is 2.93 bits per heavy atom. The summed E-state index contributed by atoms with van der Waals surface area (Å²) in [5, 5.41) is 10.2. The molecule has 1 aromatic heterocycles. The number of benzene rings is 1. The van der Waals surface area contributed by atoms with E-state index in [9.17, 15) is 9.90 Å². The minimum Gasteiger partial charge on any atom is -0.506 e. The van der Waals surface area contributed by atoms with E-state index in [1.165, 1.54) is 6.07 Å². The van der Waals surface area contributed by atoms with Crippen LogP contribution in [0.25, 0.3) is 10.9 Å². The molecule has 15 heavy (non-hydrogen) atoms. The van der Waals surface area contributed by atoms with Crippen molar-refractivity contribution in [1.82, 2.24) is 4.98 Å². The summed E-state index contributed by atoms with van der Waals surface area (Å²) in [7, 11) is 0. The van der Waals surface area contributed by atoms with Crippen LogP contribution in [0.15, 0.2) is 30.5 Å². The van der Waals surface area contributed by atoms with Crippen molar-refractivity contribution in [2.24, 2.45) is 5.73 Å². The van der Waals surface area contributed by atoms with E-state index in [4.69, 9.17) is 5.73 Å². The van der Waals surface area contributed by atoms with E-state index in [-0.39, 0.29) is 18.1 Å². The van der Waals surface area contributed by atoms with Gasteiger partial charge in [0.25, 0.3) is 0 Å². The lowest BCUT2D eigenvalue weighted by atomic mass is 10.0. The Hall–Kier alpha value is -1.94. The molecule has 0 aliphatic rings. The number of pyridine rings is 1. The van der Waals surface area contributed by atoms with Crippen LogP contribution in [-0.4, -0.2) is 22.4 Å². The molecule has 0 spiro atoms. The van der Waals surface area contributed by atoms with E-state index < -0.39 is 0 Å². The van der Waals surface area contributed by atoms with Gasteiger partial charge in [-0.15, -0.1) is 0 Å². The van der Waals surface area contributed by atoms with Gasteiger partial charge < -0.3 is 10.8 Å². The summed E-state index contributed by atoms with van der Waals surface area (Å²) in [6.45, 7) is -0.0469. The maximum atomic E-state index is 11.5. The second-order valence-electron chi connectivity index (χ2n) is 3.16. The fourth-order valence-electron chi connectivity index (χ4n) is 1.51. The number of Topliss-reactive ketones (excluding diaryl/α,β-unsaturated/α-hetero) is 1. The number of hydrogen-bond acceptors (Lipinski definition) is 4. The van der Waals surface area contributed by atoms with E-state index in [0.717, 1.165) is 0 Å². The molecule has 0 radical (unpaired) electrons. The number of phenols is 1. The van der Waals surface area contributed by atoms with Gasteiger partial charge in [0.15, 0.2) is 5.78 Å². The summed E-state index contributed by atoms with van der Waals surface area (Å²) in [5.41, 5.74) is 6.23. The highest BCUT2D eigenvalue weighted by Crippen LogP contribution is 2.25. The number of aromatic hydroxyl groups is 1. The fourth-order valence-corrected chi connectivity index (χ4v) is 1.51. The number of carbonyl (C=O) groups is 1. The summed E-state index contributed by atoms with van der Waals surface area (Å²) in [6, 6.07) is 6.48. The maximum Gasteiger partial charge on any atom is 0.177 e. The first kappa shape index (κ1) is 9.61. The van der Waals surface area contributed by atoms with Gasteiger partial charge in [0.2, 0.25) is 0 Å². The van der Waals surface area contributed by atoms with Gasteiger partial charge in [-0.3, -0.25) is 9.78 Å². The molecule has 2 aromatic rings. The first-order valence-electron chi connectivity index (χ1n) is 4.54. The minimum absolute atomic E-state index is 0.0469. The lowest BCUT2D eigenvalue weighted by molar-refractivity contribution is 0.100. The molecule has 0 aliphatic heterocycles. The standard InChI is InChI=1S/C11H10N2O2/c12-6-10(15)7-3-4-9(14)11-8(7)2-1-5-13-11/h1-5,14H,6,12H2. The molecule has 0 amide bonds. The molecule has 3 N–H and O–H groups in total. The zero-order chi connectivity index (χ0) is 10.8. The van der Waals surface area contributed by atoms with Crippen molar-refractivity contribution in [3.8, 4) is 5.75 Å². The van der Waals surface area contributed by atoms with E-state index >= 15 is 0 Å². The molecule has 4 heteroatoms. The zero-order valence-electron chi connectivity index (χ0n) is 7.97. The van der Waals surface area contributed by atoms with Gasteiger partial charge in [0, 0.05) is 17.1 Å². The van der Waals surface area contributed by atoms with Crippen molar-refractivity contribution >= 4 is 16.7 Å². The van der Waals surface area contributed by atoms with E-state index in [0.29, 0.717) is 16.5 Å². The van der Waals surface area contributed by atoms with Gasteiger partial charge in [-0.1, -0.05) is 6.07 Å². The summed E-state index contributed by atoms with van der Waals surface area (Å²) in [4.78, 5) is 15.5. The molecule has 0 fully saturated rings. The van der Waals surface area contributed by atoms with Crippen molar-refractivity contribution in [2.45, 2.75) is 0 Å². The number of aromatic nitrogens is 1. The molecular formula is C11H10N2O2. The van der Waals surface area contributed by atoms with Gasteiger partial charge in [-0.25, -0.2) is 0 Å². The van der Waals surface area contributed by atoms with Crippen LogP contribution >= 0.6 is 0 Å². The van der Waals surface area contributed by atoms with Crippen LogP contribution in [-0.2, 0) is 0 Å². The van der Waals surface area contributed by atoms with E-state index in [2.05, 4.69) is 4.98 Å².